The Hall–Kier alpha value is -6.37. The Balaban J connectivity index is 0.000000221. The van der Waals surface area contributed by atoms with E-state index in [4.69, 9.17) is 25.9 Å². The normalized spacial score (nSPS) is 11.5. The molecule has 8 aromatic rings. The van der Waals surface area contributed by atoms with E-state index in [1.54, 1.807) is 55.5 Å². The SMILES string of the molecule is O=S(=O)([O-])C(F)(F)F.O=S(=O)([O-])C(F)(F)F.O=[N+]([O-])c1cc[c-]c2c1ccc1cccnc12.[Pd].c1ccncc1.c1cnn([B-](n2cccn2)(n2cccn2)n2cccn2)c1. The zero-order chi connectivity index (χ0) is 44.2. The van der Waals surface area contributed by atoms with E-state index in [2.05, 4.69) is 36.4 Å². The molecule has 0 bridgehead atoms. The molecule has 0 saturated heterocycles. The Morgan fingerprint density at radius 2 is 1.03 bits per heavy atom. The van der Waals surface area contributed by atoms with E-state index >= 15 is 0 Å². The molecule has 8 rings (SSSR count). The first kappa shape index (κ1) is 49.0. The molecular formula is C32H24BF6N11O8PdS2-4. The van der Waals surface area contributed by atoms with Gasteiger partial charge in [0.2, 0.25) is 0 Å². The van der Waals surface area contributed by atoms with Crippen molar-refractivity contribution in [3.63, 3.8) is 0 Å². The first-order valence-corrected chi connectivity index (χ1v) is 18.9. The van der Waals surface area contributed by atoms with E-state index < -0.39 is 37.9 Å². The zero-order valence-electron chi connectivity index (χ0n) is 30.0. The number of fused-ring (bicyclic) bond motifs is 3. The van der Waals surface area contributed by atoms with Crippen molar-refractivity contribution in [2.24, 2.45) is 0 Å². The number of benzene rings is 2. The van der Waals surface area contributed by atoms with Crippen LogP contribution in [0.15, 0.2) is 147 Å². The van der Waals surface area contributed by atoms with Crippen LogP contribution in [0.2, 0.25) is 0 Å². The number of hydrogen-bond acceptors (Lipinski definition) is 14. The second-order valence-electron chi connectivity index (χ2n) is 11.1. The summed E-state index contributed by atoms with van der Waals surface area (Å²) in [4.78, 5) is 18.6. The molecule has 0 aliphatic carbocycles. The topological polar surface area (TPSA) is 255 Å². The predicted octanol–water partition coefficient (Wildman–Crippen LogP) is 4.68. The number of aromatic nitrogens is 10. The van der Waals surface area contributed by atoms with Crippen molar-refractivity contribution >= 4 is 54.3 Å². The summed E-state index contributed by atoms with van der Waals surface area (Å²) >= 11 is 0. The Kier molecular flexibility index (Phi) is 16.7. The molecule has 0 N–H and O–H groups in total. The van der Waals surface area contributed by atoms with E-state index in [0.29, 0.717) is 10.8 Å². The van der Waals surface area contributed by atoms with Crippen LogP contribution >= 0.6 is 0 Å². The average molecular weight is 986 g/mol. The molecule has 61 heavy (non-hydrogen) atoms. The molecule has 326 valence electrons. The van der Waals surface area contributed by atoms with E-state index in [1.165, 1.54) is 6.07 Å². The maximum absolute atomic E-state index is 10.9. The molecule has 2 aromatic carbocycles. The number of alkyl halides is 6. The quantitative estimate of drug-likeness (QED) is 0.0332. The van der Waals surface area contributed by atoms with Crippen LogP contribution in [0.4, 0.5) is 32.0 Å². The van der Waals surface area contributed by atoms with Crippen LogP contribution < -0.4 is 0 Å². The number of nitro benzene ring substituents is 1. The fourth-order valence-corrected chi connectivity index (χ4v) is 4.94. The fraction of sp³-hybridized carbons (Fsp3) is 0.0625. The van der Waals surface area contributed by atoms with Gasteiger partial charge in [0, 0.05) is 68.7 Å². The van der Waals surface area contributed by atoms with Crippen LogP contribution in [-0.2, 0) is 40.7 Å². The molecule has 0 atom stereocenters. The van der Waals surface area contributed by atoms with Gasteiger partial charge in [0.15, 0.2) is 25.9 Å². The van der Waals surface area contributed by atoms with Gasteiger partial charge in [-0.25, -0.2) is 37.2 Å². The van der Waals surface area contributed by atoms with Gasteiger partial charge in [0.1, 0.15) is 0 Å². The Morgan fingerprint density at radius 3 is 1.34 bits per heavy atom. The summed E-state index contributed by atoms with van der Waals surface area (Å²) in [5, 5.41) is 30.8. The molecule has 6 heterocycles. The number of pyridine rings is 2. The number of nitrogens with zero attached hydrogens (tertiary/aromatic N) is 11. The second kappa shape index (κ2) is 20.7. The van der Waals surface area contributed by atoms with Crippen molar-refractivity contribution in [1.82, 2.24) is 48.7 Å². The van der Waals surface area contributed by atoms with Gasteiger partial charge in [-0.15, -0.1) is 17.5 Å². The average Bonchev–Trinajstić information content (AvgIpc) is 4.06. The van der Waals surface area contributed by atoms with Gasteiger partial charge in [-0.3, -0.25) is 15.1 Å². The van der Waals surface area contributed by atoms with Crippen molar-refractivity contribution in [3.8, 4) is 0 Å². The molecule has 0 saturated carbocycles. The third kappa shape index (κ3) is 12.3. The summed E-state index contributed by atoms with van der Waals surface area (Å²) in [5.41, 5.74) is -10.5. The summed E-state index contributed by atoms with van der Waals surface area (Å²) in [7, 11) is -12.2. The summed E-state index contributed by atoms with van der Waals surface area (Å²) in [6, 6.07) is 26.6. The van der Waals surface area contributed by atoms with Crippen LogP contribution in [0.1, 0.15) is 0 Å². The maximum Gasteiger partial charge on any atom is 0.485 e. The van der Waals surface area contributed by atoms with Gasteiger partial charge in [0.05, 0.1) is 0 Å². The third-order valence-electron chi connectivity index (χ3n) is 7.37. The summed E-state index contributed by atoms with van der Waals surface area (Å²) in [5.74, 6) is 0. The Morgan fingerprint density at radius 1 is 0.607 bits per heavy atom. The Labute approximate surface area is 353 Å². The maximum atomic E-state index is 10.9. The molecule has 0 radical (unpaired) electrons. The zero-order valence-corrected chi connectivity index (χ0v) is 33.2. The minimum atomic E-state index is -6.09. The molecule has 6 aromatic heterocycles. The van der Waals surface area contributed by atoms with Crippen molar-refractivity contribution in [2.75, 3.05) is 0 Å². The van der Waals surface area contributed by atoms with Gasteiger partial charge in [-0.2, -0.15) is 26.3 Å². The molecule has 0 amide bonds. The second-order valence-corrected chi connectivity index (χ2v) is 13.9. The van der Waals surface area contributed by atoms with Crippen molar-refractivity contribution < 1.29 is 77.6 Å². The standard InChI is InChI=1S/C13H7N2O2.C12H12BN8.C5H5N.2CHF3O3S.Pd/c16-15(17)12-5-1-4-11-10(12)7-6-9-3-2-8-14-13(9)11;1-5-14-18(9-1)13(19-10-2-6-15-19,20-11-3-7-16-20)21-12-4-8-17-21;1-2-4-6-5-3-1;2*2-1(3,4)8(5,6)7;/h1-3,5-8H;1-12H;1-5H;2*(H,5,6,7);/q2*-1;;;;/p-2. The van der Waals surface area contributed by atoms with Crippen LogP contribution in [0.25, 0.3) is 21.7 Å². The van der Waals surface area contributed by atoms with Crippen LogP contribution in [0.5, 0.6) is 0 Å². The van der Waals surface area contributed by atoms with E-state index in [1.807, 2.05) is 104 Å². The number of hydrogen-bond donors (Lipinski definition) is 0. The number of non-ortho nitro benzene ring substituents is 1. The molecule has 19 nitrogen and oxygen atoms in total. The molecule has 0 unspecified atom stereocenters. The van der Waals surface area contributed by atoms with Gasteiger partial charge in [-0.1, -0.05) is 30.3 Å². The molecule has 0 aliphatic heterocycles. The first-order valence-electron chi connectivity index (χ1n) is 16.1. The van der Waals surface area contributed by atoms with Crippen molar-refractivity contribution in [1.29, 1.82) is 0 Å². The largest absolute Gasteiger partial charge is 0.741 e. The third-order valence-corrected chi connectivity index (χ3v) is 8.50. The van der Waals surface area contributed by atoms with E-state index in [-0.39, 0.29) is 31.0 Å². The molecule has 0 spiro atoms. The van der Waals surface area contributed by atoms with Gasteiger partial charge in [0.25, 0.3) is 0 Å². The van der Waals surface area contributed by atoms with Crippen LogP contribution in [0.3, 0.4) is 0 Å². The van der Waals surface area contributed by atoms with Crippen LogP contribution in [-0.4, -0.2) is 97.3 Å². The summed E-state index contributed by atoms with van der Waals surface area (Å²) in [6.07, 6.45) is 19.6. The van der Waals surface area contributed by atoms with Gasteiger partial charge < -0.3 is 32.5 Å². The monoisotopic (exact) mass is 985 g/mol. The van der Waals surface area contributed by atoms with E-state index in [0.717, 1.165) is 10.9 Å². The molecule has 0 aliphatic rings. The fourth-order valence-electron chi connectivity index (χ4n) is 4.94. The number of nitro groups is 1. The minimum Gasteiger partial charge on any atom is -0.741 e. The van der Waals surface area contributed by atoms with Gasteiger partial charge in [-0.05, 0) is 83.5 Å². The molecular weight excluding hydrogens is 962 g/mol. The van der Waals surface area contributed by atoms with E-state index in [9.17, 15) is 36.5 Å². The van der Waals surface area contributed by atoms with Crippen molar-refractivity contribution in [2.45, 2.75) is 11.0 Å². The first-order chi connectivity index (χ1) is 28.2. The minimum absolute atomic E-state index is 0. The summed E-state index contributed by atoms with van der Waals surface area (Å²) in [6.45, 7) is -1.83. The van der Waals surface area contributed by atoms with Crippen molar-refractivity contribution in [3.05, 3.63) is 163 Å². The summed E-state index contributed by atoms with van der Waals surface area (Å²) < 4.78 is 125. The van der Waals surface area contributed by atoms with Crippen LogP contribution in [0, 0.1) is 16.2 Å². The number of halogens is 6. The smallest absolute Gasteiger partial charge is 0.485 e. The Bertz CT molecular complexity index is 2580. The predicted molar refractivity (Wildman–Crippen MR) is 197 cm³/mol. The number of rotatable bonds is 5. The van der Waals surface area contributed by atoms with Gasteiger partial charge >= 0.3 is 17.7 Å². The molecule has 29 heteroatoms. The molecule has 0 fully saturated rings.